The fourth-order valence-electron chi connectivity index (χ4n) is 1.21. The molecule has 0 saturated carbocycles. The molecule has 4 nitrogen and oxygen atoms in total. The molecule has 1 unspecified atom stereocenters. The van der Waals surface area contributed by atoms with E-state index in [0.29, 0.717) is 13.0 Å². The van der Waals surface area contributed by atoms with Gasteiger partial charge in [-0.25, -0.2) is 8.42 Å². The zero-order valence-corrected chi connectivity index (χ0v) is 9.84. The molecule has 0 aliphatic heterocycles. The number of rotatable bonds is 6. The smallest absolute Gasteiger partial charge is 0.148 e. The second kappa shape index (κ2) is 5.99. The van der Waals surface area contributed by atoms with Crippen molar-refractivity contribution >= 4 is 9.84 Å². The molecule has 82 valence electrons. The van der Waals surface area contributed by atoms with Gasteiger partial charge in [-0.15, -0.1) is 0 Å². The Labute approximate surface area is 86.4 Å². The standard InChI is InChI=1S/C9H18N2O2S/c1-4-9(5-6-10)11(2)7-8-14(3,12)13/h9H,4-5,7-8H2,1-3H3. The van der Waals surface area contributed by atoms with Crippen LogP contribution in [-0.2, 0) is 9.84 Å². The van der Waals surface area contributed by atoms with Crippen LogP contribution in [0, 0.1) is 11.3 Å². The molecule has 0 radical (unpaired) electrons. The normalized spacial score (nSPS) is 13.9. The summed E-state index contributed by atoms with van der Waals surface area (Å²) in [7, 11) is -1.04. The summed E-state index contributed by atoms with van der Waals surface area (Å²) in [4.78, 5) is 1.93. The highest BCUT2D eigenvalue weighted by Crippen LogP contribution is 2.05. The number of nitrogens with zero attached hydrogens (tertiary/aromatic N) is 2. The summed E-state index contributed by atoms with van der Waals surface area (Å²) in [6.07, 6.45) is 2.55. The van der Waals surface area contributed by atoms with Crippen LogP contribution in [-0.4, -0.2) is 45.0 Å². The average Bonchev–Trinajstić information content (AvgIpc) is 2.09. The van der Waals surface area contributed by atoms with Crippen LogP contribution in [0.5, 0.6) is 0 Å². The molecule has 0 rings (SSSR count). The van der Waals surface area contributed by atoms with E-state index in [1.807, 2.05) is 18.9 Å². The first-order valence-corrected chi connectivity index (χ1v) is 6.71. The van der Waals surface area contributed by atoms with Crippen molar-refractivity contribution in [1.82, 2.24) is 4.90 Å². The first kappa shape index (κ1) is 13.4. The summed E-state index contributed by atoms with van der Waals surface area (Å²) in [6, 6.07) is 2.27. The Morgan fingerprint density at radius 3 is 2.43 bits per heavy atom. The third kappa shape index (κ3) is 5.95. The Hall–Kier alpha value is -0.600. The van der Waals surface area contributed by atoms with Crippen LogP contribution in [0.25, 0.3) is 0 Å². The molecule has 0 saturated heterocycles. The largest absolute Gasteiger partial charge is 0.301 e. The molecule has 1 atom stereocenters. The quantitative estimate of drug-likeness (QED) is 0.657. The maximum Gasteiger partial charge on any atom is 0.148 e. The third-order valence-electron chi connectivity index (χ3n) is 2.24. The van der Waals surface area contributed by atoms with Crippen molar-refractivity contribution in [3.63, 3.8) is 0 Å². The molecule has 0 spiro atoms. The van der Waals surface area contributed by atoms with Crippen LogP contribution < -0.4 is 0 Å². The maximum atomic E-state index is 10.9. The van der Waals surface area contributed by atoms with Crippen molar-refractivity contribution in [1.29, 1.82) is 5.26 Å². The molecule has 0 N–H and O–H groups in total. The van der Waals surface area contributed by atoms with Gasteiger partial charge in [0.25, 0.3) is 0 Å². The lowest BCUT2D eigenvalue weighted by Crippen LogP contribution is -2.34. The minimum absolute atomic E-state index is 0.158. The van der Waals surface area contributed by atoms with E-state index >= 15 is 0 Å². The van der Waals surface area contributed by atoms with Gasteiger partial charge in [-0.3, -0.25) is 0 Å². The Balaban J connectivity index is 4.06. The lowest BCUT2D eigenvalue weighted by atomic mass is 10.1. The zero-order chi connectivity index (χ0) is 11.2. The van der Waals surface area contributed by atoms with Crippen LogP contribution in [0.4, 0.5) is 0 Å². The van der Waals surface area contributed by atoms with Gasteiger partial charge in [0.05, 0.1) is 18.2 Å². The van der Waals surface area contributed by atoms with Crippen molar-refractivity contribution in [2.45, 2.75) is 25.8 Å². The molecule has 0 aliphatic carbocycles. The fraction of sp³-hybridized carbons (Fsp3) is 0.889. The molecule has 14 heavy (non-hydrogen) atoms. The van der Waals surface area contributed by atoms with Gasteiger partial charge in [-0.2, -0.15) is 5.26 Å². The van der Waals surface area contributed by atoms with E-state index in [2.05, 4.69) is 6.07 Å². The van der Waals surface area contributed by atoms with Gasteiger partial charge in [0.2, 0.25) is 0 Å². The summed E-state index contributed by atoms with van der Waals surface area (Å²) in [6.45, 7) is 2.50. The molecule has 0 aromatic rings. The summed E-state index contributed by atoms with van der Waals surface area (Å²) < 4.78 is 21.8. The zero-order valence-electron chi connectivity index (χ0n) is 9.02. The summed E-state index contributed by atoms with van der Waals surface area (Å²) in [5.74, 6) is 0.158. The molecule has 5 heteroatoms. The van der Waals surface area contributed by atoms with Gasteiger partial charge in [-0.1, -0.05) is 6.92 Å². The molecular formula is C9H18N2O2S. The van der Waals surface area contributed by atoms with E-state index in [-0.39, 0.29) is 11.8 Å². The molecule has 0 aliphatic rings. The highest BCUT2D eigenvalue weighted by Gasteiger charge is 2.13. The van der Waals surface area contributed by atoms with Gasteiger partial charge < -0.3 is 4.90 Å². The minimum Gasteiger partial charge on any atom is -0.301 e. The van der Waals surface area contributed by atoms with Crippen molar-refractivity contribution < 1.29 is 8.42 Å². The summed E-state index contributed by atoms with van der Waals surface area (Å²) in [5, 5.41) is 8.55. The second-order valence-corrected chi connectivity index (χ2v) is 5.79. The lowest BCUT2D eigenvalue weighted by Gasteiger charge is -2.24. The van der Waals surface area contributed by atoms with Gasteiger partial charge in [0, 0.05) is 18.8 Å². The predicted molar refractivity (Wildman–Crippen MR) is 56.6 cm³/mol. The van der Waals surface area contributed by atoms with Crippen LogP contribution in [0.1, 0.15) is 19.8 Å². The Morgan fingerprint density at radius 2 is 2.07 bits per heavy atom. The number of sulfone groups is 1. The van der Waals surface area contributed by atoms with Crippen molar-refractivity contribution in [2.24, 2.45) is 0 Å². The topological polar surface area (TPSA) is 61.2 Å². The van der Waals surface area contributed by atoms with E-state index in [9.17, 15) is 8.42 Å². The van der Waals surface area contributed by atoms with Crippen molar-refractivity contribution in [3.8, 4) is 6.07 Å². The molecule has 0 bridgehead atoms. The monoisotopic (exact) mass is 218 g/mol. The fourth-order valence-corrected chi connectivity index (χ4v) is 1.83. The molecule has 0 fully saturated rings. The van der Waals surface area contributed by atoms with E-state index in [0.717, 1.165) is 6.42 Å². The lowest BCUT2D eigenvalue weighted by molar-refractivity contribution is 0.251. The summed E-state index contributed by atoms with van der Waals surface area (Å²) in [5.41, 5.74) is 0. The minimum atomic E-state index is -2.90. The first-order valence-electron chi connectivity index (χ1n) is 4.65. The van der Waals surface area contributed by atoms with E-state index in [4.69, 9.17) is 5.26 Å². The second-order valence-electron chi connectivity index (χ2n) is 3.53. The maximum absolute atomic E-state index is 10.9. The summed E-state index contributed by atoms with van der Waals surface area (Å²) >= 11 is 0. The molecule has 0 aromatic carbocycles. The van der Waals surface area contributed by atoms with Gasteiger partial charge >= 0.3 is 0 Å². The van der Waals surface area contributed by atoms with Gasteiger partial charge in [0.1, 0.15) is 9.84 Å². The van der Waals surface area contributed by atoms with Crippen molar-refractivity contribution in [3.05, 3.63) is 0 Å². The molecular weight excluding hydrogens is 200 g/mol. The Morgan fingerprint density at radius 1 is 1.50 bits per heavy atom. The average molecular weight is 218 g/mol. The van der Waals surface area contributed by atoms with Crippen LogP contribution in [0.15, 0.2) is 0 Å². The Kier molecular flexibility index (Phi) is 5.73. The SMILES string of the molecule is CCC(CC#N)N(C)CCS(C)(=O)=O. The molecule has 0 heterocycles. The van der Waals surface area contributed by atoms with Gasteiger partial charge in [0.15, 0.2) is 0 Å². The highest BCUT2D eigenvalue weighted by molar-refractivity contribution is 7.90. The predicted octanol–water partition coefficient (Wildman–Crippen LogP) is 0.655. The van der Waals surface area contributed by atoms with Gasteiger partial charge in [-0.05, 0) is 13.5 Å². The first-order chi connectivity index (χ1) is 6.40. The van der Waals surface area contributed by atoms with E-state index < -0.39 is 9.84 Å². The van der Waals surface area contributed by atoms with Crippen LogP contribution in [0.2, 0.25) is 0 Å². The number of hydrogen-bond acceptors (Lipinski definition) is 4. The van der Waals surface area contributed by atoms with Crippen LogP contribution >= 0.6 is 0 Å². The highest BCUT2D eigenvalue weighted by atomic mass is 32.2. The van der Waals surface area contributed by atoms with E-state index in [1.165, 1.54) is 6.26 Å². The van der Waals surface area contributed by atoms with E-state index in [1.54, 1.807) is 0 Å². The third-order valence-corrected chi connectivity index (χ3v) is 3.16. The van der Waals surface area contributed by atoms with Crippen LogP contribution in [0.3, 0.4) is 0 Å². The molecule has 0 aromatic heterocycles. The Bertz CT molecular complexity index is 292. The number of nitriles is 1. The van der Waals surface area contributed by atoms with Crippen molar-refractivity contribution in [2.75, 3.05) is 25.6 Å². The number of hydrogen-bond donors (Lipinski definition) is 0. The molecule has 0 amide bonds.